The fourth-order valence-corrected chi connectivity index (χ4v) is 5.13. The number of fused-ring (bicyclic) bond motifs is 3. The molecule has 0 spiro atoms. The predicted molar refractivity (Wildman–Crippen MR) is 138 cm³/mol. The summed E-state index contributed by atoms with van der Waals surface area (Å²) in [7, 11) is 0. The van der Waals surface area contributed by atoms with Gasteiger partial charge in [-0.1, -0.05) is 78.9 Å². The molecule has 0 atom stereocenters. The molecule has 1 aliphatic rings. The van der Waals surface area contributed by atoms with Crippen LogP contribution < -0.4 is 0 Å². The van der Waals surface area contributed by atoms with Gasteiger partial charge >= 0.3 is 0 Å². The average molecular weight is 434 g/mol. The van der Waals surface area contributed by atoms with Crippen molar-refractivity contribution in [3.63, 3.8) is 0 Å². The van der Waals surface area contributed by atoms with Crippen LogP contribution >= 0.6 is 0 Å². The van der Waals surface area contributed by atoms with E-state index in [9.17, 15) is 0 Å². The lowest BCUT2D eigenvalue weighted by Gasteiger charge is -2.18. The molecule has 3 heteroatoms. The molecule has 0 radical (unpaired) electrons. The fraction of sp³-hybridized carbons (Fsp3) is 0. The molecule has 1 aliphatic carbocycles. The second-order valence-electron chi connectivity index (χ2n) is 8.44. The van der Waals surface area contributed by atoms with E-state index in [1.165, 1.54) is 27.5 Å². The van der Waals surface area contributed by atoms with Crippen molar-refractivity contribution >= 4 is 10.8 Å². The topological polar surface area (TPSA) is 38.7 Å². The molecule has 0 N–H and O–H groups in total. The highest BCUT2D eigenvalue weighted by atomic mass is 14.8. The Bertz CT molecular complexity index is 1670. The number of rotatable bonds is 3. The molecule has 0 bridgehead atoms. The molecule has 0 amide bonds. The monoisotopic (exact) mass is 433 g/mol. The molecule has 3 heterocycles. The zero-order chi connectivity index (χ0) is 22.5. The third kappa shape index (κ3) is 2.74. The Morgan fingerprint density at radius 3 is 1.76 bits per heavy atom. The highest BCUT2D eigenvalue weighted by Gasteiger charge is 2.31. The first-order chi connectivity index (χ1) is 16.9. The molecule has 3 aromatic heterocycles. The van der Waals surface area contributed by atoms with Gasteiger partial charge in [0.1, 0.15) is 0 Å². The lowest BCUT2D eigenvalue weighted by Crippen LogP contribution is -2.00. The van der Waals surface area contributed by atoms with Crippen molar-refractivity contribution in [2.24, 2.45) is 0 Å². The van der Waals surface area contributed by atoms with Gasteiger partial charge < -0.3 is 0 Å². The van der Waals surface area contributed by atoms with E-state index in [0.29, 0.717) is 0 Å². The first-order valence-corrected chi connectivity index (χ1v) is 11.4. The zero-order valence-corrected chi connectivity index (χ0v) is 18.3. The van der Waals surface area contributed by atoms with Gasteiger partial charge in [0, 0.05) is 34.6 Å². The van der Waals surface area contributed by atoms with E-state index in [0.717, 1.165) is 39.5 Å². The van der Waals surface area contributed by atoms with Gasteiger partial charge in [0.05, 0.1) is 22.8 Å². The molecule has 0 saturated carbocycles. The molecule has 0 aliphatic heterocycles. The van der Waals surface area contributed by atoms with Crippen LogP contribution in [0.3, 0.4) is 0 Å². The first kappa shape index (κ1) is 18.9. The summed E-state index contributed by atoms with van der Waals surface area (Å²) in [5.41, 5.74) is 10.5. The molecule has 3 nitrogen and oxygen atoms in total. The summed E-state index contributed by atoms with van der Waals surface area (Å²) < 4.78 is 0. The minimum atomic E-state index is 0.869. The lowest BCUT2D eigenvalue weighted by molar-refractivity contribution is 1.24. The second-order valence-corrected chi connectivity index (χ2v) is 8.44. The SMILES string of the molecule is c1ccc(-c2nc(-c3ccccn3)c3c(c2-c2ccccn2)-c2cccc4cccc-3c24)cc1. The average Bonchev–Trinajstić information content (AvgIpc) is 3.26. The quantitative estimate of drug-likeness (QED) is 0.287. The third-order valence-corrected chi connectivity index (χ3v) is 6.52. The summed E-state index contributed by atoms with van der Waals surface area (Å²) in [6.45, 7) is 0. The summed E-state index contributed by atoms with van der Waals surface area (Å²) in [4.78, 5) is 14.8. The van der Waals surface area contributed by atoms with Crippen LogP contribution in [0.2, 0.25) is 0 Å². The highest BCUT2D eigenvalue weighted by Crippen LogP contribution is 2.55. The van der Waals surface area contributed by atoms with E-state index in [1.54, 1.807) is 0 Å². The van der Waals surface area contributed by atoms with E-state index >= 15 is 0 Å². The molecular weight excluding hydrogens is 414 g/mol. The van der Waals surface area contributed by atoms with Crippen LogP contribution in [-0.2, 0) is 0 Å². The van der Waals surface area contributed by atoms with Gasteiger partial charge in [-0.2, -0.15) is 0 Å². The molecule has 0 fully saturated rings. The second kappa shape index (κ2) is 7.46. The number of hydrogen-bond acceptors (Lipinski definition) is 3. The Hall–Kier alpha value is -4.63. The van der Waals surface area contributed by atoms with Crippen LogP contribution in [0.4, 0.5) is 0 Å². The van der Waals surface area contributed by atoms with E-state index in [-0.39, 0.29) is 0 Å². The Labute approximate surface area is 197 Å². The first-order valence-electron chi connectivity index (χ1n) is 11.4. The van der Waals surface area contributed by atoms with Crippen LogP contribution in [0.25, 0.3) is 66.9 Å². The Kier molecular flexibility index (Phi) is 4.15. The number of pyridine rings is 3. The summed E-state index contributed by atoms with van der Waals surface area (Å²) in [5.74, 6) is 0. The van der Waals surface area contributed by atoms with Crippen LogP contribution in [-0.4, -0.2) is 15.0 Å². The number of benzene rings is 3. The van der Waals surface area contributed by atoms with Gasteiger partial charge in [0.15, 0.2) is 0 Å². The maximum atomic E-state index is 5.33. The summed E-state index contributed by atoms with van der Waals surface area (Å²) in [6.07, 6.45) is 3.69. The summed E-state index contributed by atoms with van der Waals surface area (Å²) in [6, 6.07) is 35.5. The van der Waals surface area contributed by atoms with Crippen LogP contribution in [0.1, 0.15) is 0 Å². The highest BCUT2D eigenvalue weighted by molar-refractivity contribution is 6.21. The molecule has 0 unspecified atom stereocenters. The molecule has 6 aromatic rings. The Morgan fingerprint density at radius 1 is 0.441 bits per heavy atom. The zero-order valence-electron chi connectivity index (χ0n) is 18.3. The van der Waals surface area contributed by atoms with Crippen molar-refractivity contribution in [1.82, 2.24) is 15.0 Å². The minimum Gasteiger partial charge on any atom is -0.256 e. The van der Waals surface area contributed by atoms with Gasteiger partial charge in [0.25, 0.3) is 0 Å². The molecule has 158 valence electrons. The van der Waals surface area contributed by atoms with E-state index < -0.39 is 0 Å². The smallest absolute Gasteiger partial charge is 0.0978 e. The molecule has 7 rings (SSSR count). The maximum Gasteiger partial charge on any atom is 0.0978 e. The molecular formula is C31H19N3. The molecule has 34 heavy (non-hydrogen) atoms. The van der Waals surface area contributed by atoms with E-state index in [4.69, 9.17) is 15.0 Å². The summed E-state index contributed by atoms with van der Waals surface area (Å²) in [5, 5.41) is 2.49. The number of hydrogen-bond donors (Lipinski definition) is 0. The largest absolute Gasteiger partial charge is 0.256 e. The Balaban J connectivity index is 1.71. The van der Waals surface area contributed by atoms with Gasteiger partial charge in [-0.15, -0.1) is 0 Å². The summed E-state index contributed by atoms with van der Waals surface area (Å²) >= 11 is 0. The van der Waals surface area contributed by atoms with Gasteiger partial charge in [0.2, 0.25) is 0 Å². The minimum absolute atomic E-state index is 0.869. The van der Waals surface area contributed by atoms with Crippen LogP contribution in [0, 0.1) is 0 Å². The number of aromatic nitrogens is 3. The van der Waals surface area contributed by atoms with Gasteiger partial charge in [-0.3, -0.25) is 9.97 Å². The normalized spacial score (nSPS) is 11.5. The molecule has 0 saturated heterocycles. The third-order valence-electron chi connectivity index (χ3n) is 6.52. The van der Waals surface area contributed by atoms with Crippen molar-refractivity contribution in [3.8, 4) is 56.2 Å². The standard InChI is InChI=1S/C31H19N3/c1-2-10-21(11-3-1)30-29(24-16-4-6-18-32-24)27-22-14-8-12-20-13-9-15-23(26(20)22)28(27)31(34-30)25-17-5-7-19-33-25/h1-19H. The Morgan fingerprint density at radius 2 is 1.09 bits per heavy atom. The number of nitrogens with zero attached hydrogens (tertiary/aromatic N) is 3. The van der Waals surface area contributed by atoms with Crippen molar-refractivity contribution in [2.45, 2.75) is 0 Å². The van der Waals surface area contributed by atoms with E-state index in [2.05, 4.69) is 66.7 Å². The van der Waals surface area contributed by atoms with Gasteiger partial charge in [-0.05, 0) is 46.2 Å². The van der Waals surface area contributed by atoms with Crippen molar-refractivity contribution in [1.29, 1.82) is 0 Å². The maximum absolute atomic E-state index is 5.33. The van der Waals surface area contributed by atoms with Crippen molar-refractivity contribution in [2.75, 3.05) is 0 Å². The fourth-order valence-electron chi connectivity index (χ4n) is 5.13. The predicted octanol–water partition coefficient (Wildman–Crippen LogP) is 7.67. The van der Waals surface area contributed by atoms with Crippen LogP contribution in [0.5, 0.6) is 0 Å². The molecule has 3 aromatic carbocycles. The van der Waals surface area contributed by atoms with Gasteiger partial charge in [-0.25, -0.2) is 4.98 Å². The lowest BCUT2D eigenvalue weighted by atomic mass is 9.90. The van der Waals surface area contributed by atoms with Crippen molar-refractivity contribution in [3.05, 3.63) is 116 Å². The van der Waals surface area contributed by atoms with Crippen LogP contribution in [0.15, 0.2) is 116 Å². The van der Waals surface area contributed by atoms with E-state index in [1.807, 2.05) is 48.8 Å². The van der Waals surface area contributed by atoms with Crippen molar-refractivity contribution < 1.29 is 0 Å².